The molecule has 174 valence electrons. The van der Waals surface area contributed by atoms with E-state index < -0.39 is 0 Å². The normalized spacial score (nSPS) is 10.6. The molecule has 0 atom stereocenters. The van der Waals surface area contributed by atoms with Crippen LogP contribution >= 0.6 is 11.8 Å². The lowest BCUT2D eigenvalue weighted by Gasteiger charge is -2.12. The number of nitrogens with one attached hydrogen (secondary N) is 1. The van der Waals surface area contributed by atoms with Gasteiger partial charge < -0.3 is 14.8 Å². The van der Waals surface area contributed by atoms with Gasteiger partial charge in [-0.05, 0) is 55.5 Å². The zero-order valence-corrected chi connectivity index (χ0v) is 19.9. The number of Topliss-reactive ketones (excluding diaryl/α,β-unsaturated/α-hetero) is 1. The van der Waals surface area contributed by atoms with E-state index in [0.29, 0.717) is 23.9 Å². The molecule has 0 saturated carbocycles. The standard InChI is InChI=1S/C26H26N4O3S/c1-3-33-23-13-9-20(10-14-23)27-17-25-28-29-26(30(25)21-11-15-22(32-2)16-12-21)34-18-24(31)19-7-5-4-6-8-19/h4-16,27H,3,17-18H2,1-2H3. The summed E-state index contributed by atoms with van der Waals surface area (Å²) >= 11 is 1.37. The van der Waals surface area contributed by atoms with Crippen molar-refractivity contribution in [2.45, 2.75) is 18.6 Å². The van der Waals surface area contributed by atoms with E-state index in [1.54, 1.807) is 7.11 Å². The van der Waals surface area contributed by atoms with Gasteiger partial charge in [0.2, 0.25) is 0 Å². The summed E-state index contributed by atoms with van der Waals surface area (Å²) in [7, 11) is 1.64. The van der Waals surface area contributed by atoms with Crippen molar-refractivity contribution in [2.75, 3.05) is 24.8 Å². The zero-order chi connectivity index (χ0) is 23.8. The molecule has 4 aromatic rings. The van der Waals surface area contributed by atoms with Gasteiger partial charge in [-0.15, -0.1) is 10.2 Å². The topological polar surface area (TPSA) is 78.3 Å². The highest BCUT2D eigenvalue weighted by Crippen LogP contribution is 2.25. The van der Waals surface area contributed by atoms with Gasteiger partial charge in [-0.1, -0.05) is 42.1 Å². The maximum Gasteiger partial charge on any atom is 0.196 e. The maximum atomic E-state index is 12.6. The number of thioether (sulfide) groups is 1. The van der Waals surface area contributed by atoms with Crippen LogP contribution in [0.3, 0.4) is 0 Å². The monoisotopic (exact) mass is 474 g/mol. The average Bonchev–Trinajstić information content (AvgIpc) is 3.30. The largest absolute Gasteiger partial charge is 0.497 e. The number of benzene rings is 3. The van der Waals surface area contributed by atoms with E-state index >= 15 is 0 Å². The van der Waals surface area contributed by atoms with Crippen LogP contribution in [0.25, 0.3) is 5.69 Å². The zero-order valence-electron chi connectivity index (χ0n) is 19.1. The summed E-state index contributed by atoms with van der Waals surface area (Å²) < 4.78 is 12.8. The van der Waals surface area contributed by atoms with Crippen molar-refractivity contribution in [3.63, 3.8) is 0 Å². The summed E-state index contributed by atoms with van der Waals surface area (Å²) in [4.78, 5) is 12.6. The highest BCUT2D eigenvalue weighted by Gasteiger charge is 2.17. The Morgan fingerprint density at radius 2 is 1.65 bits per heavy atom. The van der Waals surface area contributed by atoms with Crippen LogP contribution in [0.15, 0.2) is 84.0 Å². The van der Waals surface area contributed by atoms with Gasteiger partial charge in [0.1, 0.15) is 11.5 Å². The minimum atomic E-state index is 0.0453. The van der Waals surface area contributed by atoms with Gasteiger partial charge in [0.15, 0.2) is 16.8 Å². The Bertz CT molecular complexity index is 1210. The lowest BCUT2D eigenvalue weighted by Crippen LogP contribution is -2.09. The Labute approximate surface area is 203 Å². The predicted octanol–water partition coefficient (Wildman–Crippen LogP) is 5.26. The van der Waals surface area contributed by atoms with E-state index in [1.165, 1.54) is 11.8 Å². The van der Waals surface area contributed by atoms with Crippen molar-refractivity contribution < 1.29 is 14.3 Å². The second kappa shape index (κ2) is 11.4. The van der Waals surface area contributed by atoms with Crippen LogP contribution < -0.4 is 14.8 Å². The lowest BCUT2D eigenvalue weighted by molar-refractivity contribution is 0.102. The van der Waals surface area contributed by atoms with E-state index in [2.05, 4.69) is 15.5 Å². The molecule has 0 unspecified atom stereocenters. The predicted molar refractivity (Wildman–Crippen MR) is 134 cm³/mol. The minimum absolute atomic E-state index is 0.0453. The molecule has 8 heteroatoms. The molecule has 0 bridgehead atoms. The number of hydrogen-bond acceptors (Lipinski definition) is 7. The number of ether oxygens (including phenoxy) is 2. The van der Waals surface area contributed by atoms with Gasteiger partial charge in [-0.3, -0.25) is 9.36 Å². The Balaban J connectivity index is 1.54. The third kappa shape index (κ3) is 5.77. The number of carbonyl (C=O) groups excluding carboxylic acids is 1. The summed E-state index contributed by atoms with van der Waals surface area (Å²) in [6.07, 6.45) is 0. The maximum absolute atomic E-state index is 12.6. The van der Waals surface area contributed by atoms with Gasteiger partial charge in [-0.25, -0.2) is 0 Å². The fourth-order valence-electron chi connectivity index (χ4n) is 3.35. The summed E-state index contributed by atoms with van der Waals surface area (Å²) in [5.41, 5.74) is 2.52. The third-order valence-corrected chi connectivity index (χ3v) is 6.00. The molecule has 0 amide bonds. The quantitative estimate of drug-likeness (QED) is 0.235. The van der Waals surface area contributed by atoms with Crippen molar-refractivity contribution in [1.29, 1.82) is 0 Å². The summed E-state index contributed by atoms with van der Waals surface area (Å²) in [5, 5.41) is 12.8. The van der Waals surface area contributed by atoms with Gasteiger partial charge >= 0.3 is 0 Å². The molecule has 4 rings (SSSR count). The molecule has 1 N–H and O–H groups in total. The lowest BCUT2D eigenvalue weighted by atomic mass is 10.2. The molecule has 7 nitrogen and oxygen atoms in total. The van der Waals surface area contributed by atoms with Gasteiger partial charge in [0, 0.05) is 16.9 Å². The number of carbonyl (C=O) groups is 1. The highest BCUT2D eigenvalue weighted by atomic mass is 32.2. The van der Waals surface area contributed by atoms with Crippen molar-refractivity contribution in [3.05, 3.63) is 90.3 Å². The molecule has 0 saturated heterocycles. The highest BCUT2D eigenvalue weighted by molar-refractivity contribution is 7.99. The van der Waals surface area contributed by atoms with Crippen LogP contribution in [-0.2, 0) is 6.54 Å². The minimum Gasteiger partial charge on any atom is -0.497 e. The van der Waals surface area contributed by atoms with E-state index in [1.807, 2.05) is 90.4 Å². The van der Waals surface area contributed by atoms with E-state index in [0.717, 1.165) is 28.7 Å². The number of rotatable bonds is 11. The molecule has 0 aliphatic heterocycles. The van der Waals surface area contributed by atoms with Crippen molar-refractivity contribution in [1.82, 2.24) is 14.8 Å². The number of ketones is 1. The van der Waals surface area contributed by atoms with E-state index in [4.69, 9.17) is 9.47 Å². The Kier molecular flexibility index (Phi) is 7.83. The van der Waals surface area contributed by atoms with Crippen LogP contribution in [0.4, 0.5) is 5.69 Å². The molecular weight excluding hydrogens is 448 g/mol. The molecule has 0 radical (unpaired) electrons. The molecule has 0 aliphatic carbocycles. The van der Waals surface area contributed by atoms with E-state index in [-0.39, 0.29) is 11.5 Å². The Morgan fingerprint density at radius 1 is 0.941 bits per heavy atom. The van der Waals surface area contributed by atoms with Crippen LogP contribution in [0.2, 0.25) is 0 Å². The summed E-state index contributed by atoms with van der Waals surface area (Å²) in [6, 6.07) is 24.7. The van der Waals surface area contributed by atoms with Crippen LogP contribution in [0, 0.1) is 0 Å². The second-order valence-electron chi connectivity index (χ2n) is 7.32. The van der Waals surface area contributed by atoms with Crippen LogP contribution in [0.5, 0.6) is 11.5 Å². The molecule has 0 spiro atoms. The third-order valence-electron chi connectivity index (χ3n) is 5.08. The SMILES string of the molecule is CCOc1ccc(NCc2nnc(SCC(=O)c3ccccc3)n2-c2ccc(OC)cc2)cc1. The number of anilines is 1. The fourth-order valence-corrected chi connectivity index (χ4v) is 4.22. The molecule has 34 heavy (non-hydrogen) atoms. The summed E-state index contributed by atoms with van der Waals surface area (Å²) in [6.45, 7) is 3.05. The Morgan fingerprint density at radius 3 is 2.32 bits per heavy atom. The molecular formula is C26H26N4O3S. The van der Waals surface area contributed by atoms with E-state index in [9.17, 15) is 4.79 Å². The molecule has 0 fully saturated rings. The molecule has 0 aliphatic rings. The van der Waals surface area contributed by atoms with Crippen molar-refractivity contribution in [3.8, 4) is 17.2 Å². The van der Waals surface area contributed by atoms with Gasteiger partial charge in [0.05, 0.1) is 26.0 Å². The molecule has 1 aromatic heterocycles. The van der Waals surface area contributed by atoms with Crippen LogP contribution in [0.1, 0.15) is 23.1 Å². The first kappa shape index (κ1) is 23.4. The fraction of sp³-hybridized carbons (Fsp3) is 0.192. The second-order valence-corrected chi connectivity index (χ2v) is 8.26. The number of hydrogen-bond donors (Lipinski definition) is 1. The van der Waals surface area contributed by atoms with Crippen molar-refractivity contribution in [2.24, 2.45) is 0 Å². The summed E-state index contributed by atoms with van der Waals surface area (Å²) in [5.74, 6) is 2.64. The first-order valence-corrected chi connectivity index (χ1v) is 11.9. The number of aromatic nitrogens is 3. The van der Waals surface area contributed by atoms with Crippen molar-refractivity contribution >= 4 is 23.2 Å². The molecule has 3 aromatic carbocycles. The molecule has 1 heterocycles. The number of methoxy groups -OCH3 is 1. The Hall–Kier alpha value is -3.78. The van der Waals surface area contributed by atoms with Gasteiger partial charge in [0.25, 0.3) is 0 Å². The first-order chi connectivity index (χ1) is 16.7. The first-order valence-electron chi connectivity index (χ1n) is 10.9. The smallest absolute Gasteiger partial charge is 0.196 e. The number of nitrogens with zero attached hydrogens (tertiary/aromatic N) is 3. The van der Waals surface area contributed by atoms with Crippen LogP contribution in [-0.4, -0.2) is 40.0 Å². The van der Waals surface area contributed by atoms with Gasteiger partial charge in [-0.2, -0.15) is 0 Å². The average molecular weight is 475 g/mol.